The minimum absolute atomic E-state index is 0. The molecule has 1 aromatic carbocycles. The van der Waals surface area contributed by atoms with Gasteiger partial charge in [-0.3, -0.25) is 4.79 Å². The van der Waals surface area contributed by atoms with Crippen LogP contribution >= 0.6 is 12.4 Å². The predicted octanol–water partition coefficient (Wildman–Crippen LogP) is 3.09. The lowest BCUT2D eigenvalue weighted by Crippen LogP contribution is -2.34. The van der Waals surface area contributed by atoms with Gasteiger partial charge in [0, 0.05) is 30.5 Å². The van der Waals surface area contributed by atoms with Crippen molar-refractivity contribution in [1.82, 2.24) is 5.32 Å². The summed E-state index contributed by atoms with van der Waals surface area (Å²) in [6.07, 6.45) is 5.98. The van der Waals surface area contributed by atoms with E-state index in [0.29, 0.717) is 0 Å². The lowest BCUT2D eigenvalue weighted by atomic mass is 9.97. The van der Waals surface area contributed by atoms with Gasteiger partial charge in [-0.15, -0.1) is 12.4 Å². The second-order valence-electron chi connectivity index (χ2n) is 6.50. The van der Waals surface area contributed by atoms with Crippen LogP contribution in [0.2, 0.25) is 0 Å². The Kier molecular flexibility index (Phi) is 4.69. The average molecular weight is 339 g/mol. The quantitative estimate of drug-likeness (QED) is 0.870. The number of hydrogen-bond donors (Lipinski definition) is 2. The highest BCUT2D eigenvalue weighted by atomic mass is 35.5. The molecule has 5 nitrogen and oxygen atoms in total. The maximum absolute atomic E-state index is 12.3. The lowest BCUT2D eigenvalue weighted by molar-refractivity contribution is -0.120. The minimum atomic E-state index is -0.444. The number of halogens is 1. The van der Waals surface area contributed by atoms with Crippen LogP contribution in [0.25, 0.3) is 0 Å². The number of rotatable bonds is 2. The van der Waals surface area contributed by atoms with Crippen LogP contribution in [-0.2, 0) is 4.79 Å². The van der Waals surface area contributed by atoms with Crippen molar-refractivity contribution in [3.8, 4) is 11.5 Å². The first-order valence-corrected chi connectivity index (χ1v) is 8.28. The van der Waals surface area contributed by atoms with Gasteiger partial charge < -0.3 is 20.1 Å². The molecule has 0 bridgehead atoms. The molecule has 6 heteroatoms. The number of benzene rings is 1. The Labute approximate surface area is 142 Å². The van der Waals surface area contributed by atoms with E-state index < -0.39 is 5.79 Å². The van der Waals surface area contributed by atoms with Gasteiger partial charge in [-0.25, -0.2) is 0 Å². The molecular weight excluding hydrogens is 316 g/mol. The number of fused-ring (bicyclic) bond motifs is 1. The van der Waals surface area contributed by atoms with Crippen molar-refractivity contribution in [3.63, 3.8) is 0 Å². The van der Waals surface area contributed by atoms with Gasteiger partial charge in [0.25, 0.3) is 5.79 Å². The van der Waals surface area contributed by atoms with Gasteiger partial charge in [0.2, 0.25) is 5.91 Å². The number of nitrogens with one attached hydrogen (secondary N) is 2. The highest BCUT2D eigenvalue weighted by Gasteiger charge is 2.44. The second kappa shape index (κ2) is 6.57. The van der Waals surface area contributed by atoms with Gasteiger partial charge in [0.1, 0.15) is 0 Å². The van der Waals surface area contributed by atoms with E-state index >= 15 is 0 Å². The van der Waals surface area contributed by atoms with Crippen LogP contribution in [0, 0.1) is 5.92 Å². The monoisotopic (exact) mass is 338 g/mol. The minimum Gasteiger partial charge on any atom is -0.448 e. The largest absolute Gasteiger partial charge is 0.448 e. The second-order valence-corrected chi connectivity index (χ2v) is 6.50. The third kappa shape index (κ3) is 3.26. The summed E-state index contributed by atoms with van der Waals surface area (Å²) in [5.74, 6) is 1.32. The molecule has 1 saturated heterocycles. The molecule has 0 unspecified atom stereocenters. The Hall–Kier alpha value is -1.46. The molecule has 1 saturated carbocycles. The summed E-state index contributed by atoms with van der Waals surface area (Å²) in [5.41, 5.74) is 0.793. The molecule has 1 aromatic rings. The third-order valence-corrected chi connectivity index (χ3v) is 4.88. The van der Waals surface area contributed by atoms with Crippen molar-refractivity contribution in [1.29, 1.82) is 0 Å². The number of carbonyl (C=O) groups excluding carboxylic acids is 1. The Balaban J connectivity index is 0.00000156. The number of anilines is 1. The van der Waals surface area contributed by atoms with Crippen LogP contribution in [-0.4, -0.2) is 24.8 Å². The first-order valence-electron chi connectivity index (χ1n) is 8.28. The topological polar surface area (TPSA) is 59.6 Å². The van der Waals surface area contributed by atoms with Crippen LogP contribution in [0.4, 0.5) is 5.69 Å². The number of carbonyl (C=O) groups is 1. The van der Waals surface area contributed by atoms with Gasteiger partial charge >= 0.3 is 0 Å². The van der Waals surface area contributed by atoms with Crippen LogP contribution in [0.5, 0.6) is 11.5 Å². The van der Waals surface area contributed by atoms with E-state index in [2.05, 4.69) is 10.6 Å². The number of piperidine rings is 1. The summed E-state index contributed by atoms with van der Waals surface area (Å²) >= 11 is 0. The third-order valence-electron chi connectivity index (χ3n) is 4.88. The molecule has 2 N–H and O–H groups in total. The first-order chi connectivity index (χ1) is 10.7. The van der Waals surface area contributed by atoms with Crippen molar-refractivity contribution in [2.75, 3.05) is 18.4 Å². The van der Waals surface area contributed by atoms with E-state index in [1.165, 1.54) is 0 Å². The molecule has 126 valence electrons. The highest BCUT2D eigenvalue weighted by molar-refractivity contribution is 5.93. The molecule has 1 aliphatic carbocycles. The highest BCUT2D eigenvalue weighted by Crippen LogP contribution is 2.47. The van der Waals surface area contributed by atoms with E-state index in [1.54, 1.807) is 0 Å². The molecule has 4 rings (SSSR count). The summed E-state index contributed by atoms with van der Waals surface area (Å²) in [4.78, 5) is 12.3. The lowest BCUT2D eigenvalue weighted by Gasteiger charge is -2.22. The number of hydrogen-bond acceptors (Lipinski definition) is 4. The van der Waals surface area contributed by atoms with Crippen molar-refractivity contribution < 1.29 is 14.3 Å². The molecule has 1 amide bonds. The molecule has 3 aliphatic rings. The van der Waals surface area contributed by atoms with E-state index in [4.69, 9.17) is 9.47 Å². The summed E-state index contributed by atoms with van der Waals surface area (Å²) in [5, 5.41) is 6.30. The van der Waals surface area contributed by atoms with Crippen LogP contribution in [0.1, 0.15) is 38.5 Å². The molecular formula is C17H23ClN2O3. The zero-order valence-corrected chi connectivity index (χ0v) is 13.9. The molecule has 2 fully saturated rings. The molecule has 2 aliphatic heterocycles. The normalized spacial score (nSPS) is 21.9. The first kappa shape index (κ1) is 16.4. The van der Waals surface area contributed by atoms with Gasteiger partial charge in [0.15, 0.2) is 11.5 Å². The summed E-state index contributed by atoms with van der Waals surface area (Å²) < 4.78 is 12.0. The van der Waals surface area contributed by atoms with Crippen LogP contribution < -0.4 is 20.1 Å². The zero-order valence-electron chi connectivity index (χ0n) is 13.1. The van der Waals surface area contributed by atoms with Crippen LogP contribution in [0.15, 0.2) is 18.2 Å². The smallest absolute Gasteiger partial charge is 0.251 e. The molecule has 23 heavy (non-hydrogen) atoms. The van der Waals surface area contributed by atoms with E-state index in [1.807, 2.05) is 18.2 Å². The zero-order chi connectivity index (χ0) is 15.0. The van der Waals surface area contributed by atoms with E-state index in [0.717, 1.165) is 68.8 Å². The van der Waals surface area contributed by atoms with Crippen molar-refractivity contribution in [3.05, 3.63) is 18.2 Å². The molecule has 0 atom stereocenters. The molecule has 0 aromatic heterocycles. The van der Waals surface area contributed by atoms with Crippen molar-refractivity contribution >= 4 is 24.0 Å². The molecule has 0 radical (unpaired) electrons. The van der Waals surface area contributed by atoms with Crippen LogP contribution in [0.3, 0.4) is 0 Å². The molecule has 1 spiro atoms. The fourth-order valence-electron chi connectivity index (χ4n) is 3.62. The Morgan fingerprint density at radius 2 is 1.83 bits per heavy atom. The van der Waals surface area contributed by atoms with Gasteiger partial charge in [-0.1, -0.05) is 0 Å². The predicted molar refractivity (Wildman–Crippen MR) is 90.4 cm³/mol. The van der Waals surface area contributed by atoms with Gasteiger partial charge in [-0.2, -0.15) is 0 Å². The van der Waals surface area contributed by atoms with E-state index in [9.17, 15) is 4.79 Å². The Bertz CT molecular complexity index is 581. The van der Waals surface area contributed by atoms with Gasteiger partial charge in [0.05, 0.1) is 0 Å². The fourth-order valence-corrected chi connectivity index (χ4v) is 3.62. The maximum Gasteiger partial charge on any atom is 0.251 e. The summed E-state index contributed by atoms with van der Waals surface area (Å²) in [6, 6.07) is 5.69. The number of amides is 1. The molecule has 2 heterocycles. The fraction of sp³-hybridized carbons (Fsp3) is 0.588. The van der Waals surface area contributed by atoms with E-state index in [-0.39, 0.29) is 24.2 Å². The van der Waals surface area contributed by atoms with Gasteiger partial charge in [-0.05, 0) is 50.9 Å². The van der Waals surface area contributed by atoms with Crippen molar-refractivity contribution in [2.24, 2.45) is 5.92 Å². The van der Waals surface area contributed by atoms with Crippen molar-refractivity contribution in [2.45, 2.75) is 44.3 Å². The maximum atomic E-state index is 12.3. The summed E-state index contributed by atoms with van der Waals surface area (Å²) in [6.45, 7) is 1.84. The Morgan fingerprint density at radius 1 is 1.13 bits per heavy atom. The Morgan fingerprint density at radius 3 is 2.57 bits per heavy atom. The average Bonchev–Trinajstić information content (AvgIpc) is 3.14. The SMILES string of the molecule is Cl.O=C(Nc1ccc2c(c1)OC1(CCCC1)O2)C1CCNCC1. The standard InChI is InChI=1S/C17H22N2O3.ClH/c20-16(12-5-9-18-10-6-12)19-13-3-4-14-15(11-13)22-17(21-14)7-1-2-8-17;/h3-4,11-12,18H,1-2,5-10H2,(H,19,20);1H. The number of ether oxygens (including phenoxy) is 2. The summed E-state index contributed by atoms with van der Waals surface area (Å²) in [7, 11) is 0.